The van der Waals surface area contributed by atoms with Crippen molar-refractivity contribution in [3.05, 3.63) is 24.2 Å². The van der Waals surface area contributed by atoms with E-state index >= 15 is 0 Å². The minimum Gasteiger partial charge on any atom is -0.468 e. The molecule has 3 nitrogen and oxygen atoms in total. The van der Waals surface area contributed by atoms with Crippen molar-refractivity contribution in [3.8, 4) is 0 Å². The topological polar surface area (TPSA) is 45.4 Å². The SMILES string of the molecule is CC(C)(O)C(C)(C)NCc1ccco1. The van der Waals surface area contributed by atoms with Crippen molar-refractivity contribution in [1.29, 1.82) is 0 Å². The van der Waals surface area contributed by atoms with E-state index in [4.69, 9.17) is 4.42 Å². The zero-order valence-corrected chi connectivity index (χ0v) is 9.29. The van der Waals surface area contributed by atoms with Gasteiger partial charge in [-0.1, -0.05) is 0 Å². The summed E-state index contributed by atoms with van der Waals surface area (Å²) >= 11 is 0. The zero-order valence-electron chi connectivity index (χ0n) is 9.29. The van der Waals surface area contributed by atoms with E-state index in [-0.39, 0.29) is 5.54 Å². The molecule has 1 heterocycles. The Morgan fingerprint density at radius 3 is 2.43 bits per heavy atom. The lowest BCUT2D eigenvalue weighted by Crippen LogP contribution is -2.55. The van der Waals surface area contributed by atoms with Crippen molar-refractivity contribution in [3.63, 3.8) is 0 Å². The van der Waals surface area contributed by atoms with E-state index in [0.29, 0.717) is 6.54 Å². The number of hydrogen-bond donors (Lipinski definition) is 2. The molecular formula is C11H19NO2. The molecule has 0 atom stereocenters. The molecular weight excluding hydrogens is 178 g/mol. The molecule has 1 aromatic rings. The van der Waals surface area contributed by atoms with Gasteiger partial charge in [-0.3, -0.25) is 0 Å². The van der Waals surface area contributed by atoms with Crippen LogP contribution in [0.5, 0.6) is 0 Å². The summed E-state index contributed by atoms with van der Waals surface area (Å²) in [4.78, 5) is 0. The fourth-order valence-corrected chi connectivity index (χ4v) is 0.938. The van der Waals surface area contributed by atoms with E-state index in [1.165, 1.54) is 0 Å². The van der Waals surface area contributed by atoms with E-state index in [2.05, 4.69) is 5.32 Å². The van der Waals surface area contributed by atoms with E-state index in [9.17, 15) is 5.11 Å². The summed E-state index contributed by atoms with van der Waals surface area (Å²) in [5.74, 6) is 0.877. The third kappa shape index (κ3) is 2.59. The molecule has 0 amide bonds. The fourth-order valence-electron chi connectivity index (χ4n) is 0.938. The van der Waals surface area contributed by atoms with E-state index < -0.39 is 5.60 Å². The van der Waals surface area contributed by atoms with Gasteiger partial charge in [0.1, 0.15) is 5.76 Å². The van der Waals surface area contributed by atoms with E-state index in [0.717, 1.165) is 5.76 Å². The van der Waals surface area contributed by atoms with Gasteiger partial charge in [0.2, 0.25) is 0 Å². The molecule has 1 rings (SSSR count). The second-order valence-electron chi connectivity index (χ2n) is 4.62. The molecule has 0 saturated heterocycles. The Bertz CT molecular complexity index is 270. The molecule has 0 radical (unpaired) electrons. The van der Waals surface area contributed by atoms with Gasteiger partial charge in [-0.25, -0.2) is 0 Å². The largest absolute Gasteiger partial charge is 0.468 e. The lowest BCUT2D eigenvalue weighted by Gasteiger charge is -2.38. The van der Waals surface area contributed by atoms with Gasteiger partial charge in [-0.15, -0.1) is 0 Å². The van der Waals surface area contributed by atoms with Crippen LogP contribution in [-0.4, -0.2) is 16.2 Å². The highest BCUT2D eigenvalue weighted by Gasteiger charge is 2.34. The predicted octanol–water partition coefficient (Wildman–Crippen LogP) is 1.92. The summed E-state index contributed by atoms with van der Waals surface area (Å²) in [5.41, 5.74) is -1.11. The molecule has 3 heteroatoms. The number of furan rings is 1. The second kappa shape index (κ2) is 3.75. The Morgan fingerprint density at radius 2 is 2.00 bits per heavy atom. The molecule has 0 aromatic carbocycles. The van der Waals surface area contributed by atoms with Gasteiger partial charge in [-0.05, 0) is 39.8 Å². The van der Waals surface area contributed by atoms with Gasteiger partial charge in [0.15, 0.2) is 0 Å². The van der Waals surface area contributed by atoms with Crippen LogP contribution in [0.3, 0.4) is 0 Å². The molecule has 0 saturated carbocycles. The summed E-state index contributed by atoms with van der Waals surface area (Å²) in [6.45, 7) is 8.15. The van der Waals surface area contributed by atoms with Gasteiger partial charge in [0.25, 0.3) is 0 Å². The average Bonchev–Trinajstić information content (AvgIpc) is 2.50. The molecule has 0 aliphatic carbocycles. The third-order valence-electron chi connectivity index (χ3n) is 2.81. The molecule has 0 spiro atoms. The number of nitrogens with one attached hydrogen (secondary N) is 1. The van der Waals surface area contributed by atoms with Crippen LogP contribution < -0.4 is 5.32 Å². The summed E-state index contributed by atoms with van der Waals surface area (Å²) in [7, 11) is 0. The molecule has 2 N–H and O–H groups in total. The van der Waals surface area contributed by atoms with Gasteiger partial charge < -0.3 is 14.8 Å². The first-order chi connectivity index (χ1) is 6.33. The van der Waals surface area contributed by atoms with Gasteiger partial charge in [-0.2, -0.15) is 0 Å². The van der Waals surface area contributed by atoms with Crippen LogP contribution >= 0.6 is 0 Å². The zero-order chi connectivity index (χ0) is 10.8. The number of aliphatic hydroxyl groups is 1. The van der Waals surface area contributed by atoms with Crippen LogP contribution in [0, 0.1) is 0 Å². The predicted molar refractivity (Wildman–Crippen MR) is 55.9 cm³/mol. The molecule has 0 fully saturated rings. The Kier molecular flexibility index (Phi) is 3.02. The molecule has 1 aromatic heterocycles. The maximum absolute atomic E-state index is 9.88. The van der Waals surface area contributed by atoms with Crippen molar-refractivity contribution in [2.45, 2.75) is 45.4 Å². The van der Waals surface area contributed by atoms with E-state index in [1.54, 1.807) is 20.1 Å². The smallest absolute Gasteiger partial charge is 0.117 e. The van der Waals surface area contributed by atoms with Crippen LogP contribution in [0.15, 0.2) is 22.8 Å². The highest BCUT2D eigenvalue weighted by Crippen LogP contribution is 2.20. The van der Waals surface area contributed by atoms with Crippen LogP contribution in [-0.2, 0) is 6.54 Å². The highest BCUT2D eigenvalue weighted by molar-refractivity contribution is 5.01. The first-order valence-corrected chi connectivity index (χ1v) is 4.83. The quantitative estimate of drug-likeness (QED) is 0.775. The summed E-state index contributed by atoms with van der Waals surface area (Å²) in [6.07, 6.45) is 1.65. The summed E-state index contributed by atoms with van der Waals surface area (Å²) in [6, 6.07) is 3.77. The number of hydrogen-bond acceptors (Lipinski definition) is 3. The summed E-state index contributed by atoms with van der Waals surface area (Å²) < 4.78 is 5.20. The van der Waals surface area contributed by atoms with Gasteiger partial charge in [0.05, 0.1) is 18.4 Å². The monoisotopic (exact) mass is 197 g/mol. The Balaban J connectivity index is 2.53. The average molecular weight is 197 g/mol. The molecule has 0 bridgehead atoms. The van der Waals surface area contributed by atoms with Crippen LogP contribution in [0.25, 0.3) is 0 Å². The van der Waals surface area contributed by atoms with Crippen molar-refractivity contribution < 1.29 is 9.52 Å². The van der Waals surface area contributed by atoms with Crippen LogP contribution in [0.4, 0.5) is 0 Å². The maximum atomic E-state index is 9.88. The Labute approximate surface area is 85.1 Å². The van der Waals surface area contributed by atoms with Crippen LogP contribution in [0.2, 0.25) is 0 Å². The van der Waals surface area contributed by atoms with Gasteiger partial charge >= 0.3 is 0 Å². The lowest BCUT2D eigenvalue weighted by atomic mass is 9.86. The Morgan fingerprint density at radius 1 is 1.36 bits per heavy atom. The minimum atomic E-state index is -0.764. The Hall–Kier alpha value is -0.800. The first kappa shape index (κ1) is 11.3. The van der Waals surface area contributed by atoms with Gasteiger partial charge in [0, 0.05) is 5.54 Å². The van der Waals surface area contributed by atoms with Crippen molar-refractivity contribution in [2.24, 2.45) is 0 Å². The number of rotatable bonds is 4. The fraction of sp³-hybridized carbons (Fsp3) is 0.636. The molecule has 0 unspecified atom stereocenters. The maximum Gasteiger partial charge on any atom is 0.117 e. The normalized spacial score (nSPS) is 13.2. The molecule has 0 aliphatic rings. The standard InChI is InChI=1S/C11H19NO2/c1-10(2,11(3,4)13)12-8-9-6-5-7-14-9/h5-7,12-13H,8H2,1-4H3. The van der Waals surface area contributed by atoms with Crippen molar-refractivity contribution in [1.82, 2.24) is 5.32 Å². The molecule has 80 valence electrons. The van der Waals surface area contributed by atoms with Crippen molar-refractivity contribution >= 4 is 0 Å². The van der Waals surface area contributed by atoms with Crippen molar-refractivity contribution in [2.75, 3.05) is 0 Å². The lowest BCUT2D eigenvalue weighted by molar-refractivity contribution is -0.00601. The third-order valence-corrected chi connectivity index (χ3v) is 2.81. The van der Waals surface area contributed by atoms with Crippen LogP contribution in [0.1, 0.15) is 33.5 Å². The minimum absolute atomic E-state index is 0.347. The van der Waals surface area contributed by atoms with E-state index in [1.807, 2.05) is 26.0 Å². The molecule has 0 aliphatic heterocycles. The highest BCUT2D eigenvalue weighted by atomic mass is 16.3. The first-order valence-electron chi connectivity index (χ1n) is 4.83. The second-order valence-corrected chi connectivity index (χ2v) is 4.62. The summed E-state index contributed by atoms with van der Waals surface area (Å²) in [5, 5.41) is 13.1. The molecule has 14 heavy (non-hydrogen) atoms.